The fraction of sp³-hybridized carbons (Fsp3) is 0.500. The number of carboxylic acid groups (broad SMARTS) is 1. The second-order valence-corrected chi connectivity index (χ2v) is 5.64. The first kappa shape index (κ1) is 16.1. The molecule has 0 aromatic heterocycles. The van der Waals surface area contributed by atoms with Crippen molar-refractivity contribution in [3.63, 3.8) is 0 Å². The van der Waals surface area contributed by atoms with E-state index in [-0.39, 0.29) is 18.4 Å². The molecule has 2 atom stereocenters. The number of aliphatic carboxylic acids is 1. The summed E-state index contributed by atoms with van der Waals surface area (Å²) in [4.78, 5) is 24.8. The van der Waals surface area contributed by atoms with Crippen molar-refractivity contribution in [3.8, 4) is 11.5 Å². The Kier molecular flexibility index (Phi) is 4.90. The quantitative estimate of drug-likeness (QED) is 0.890. The number of fused-ring (bicyclic) bond motifs is 1. The van der Waals surface area contributed by atoms with Crippen LogP contribution >= 0.6 is 0 Å². The lowest BCUT2D eigenvalue weighted by Gasteiger charge is -2.29. The van der Waals surface area contributed by atoms with Crippen LogP contribution < -0.4 is 9.47 Å². The molecule has 1 amide bonds. The lowest BCUT2D eigenvalue weighted by atomic mass is 9.95. The third-order valence-electron chi connectivity index (χ3n) is 3.88. The van der Waals surface area contributed by atoms with Gasteiger partial charge in [0.2, 0.25) is 5.91 Å². The number of hydrogen-bond acceptors (Lipinski definition) is 4. The first-order valence-corrected chi connectivity index (χ1v) is 7.20. The standard InChI is InChI=1S/C16H21NO5/c1-10(16(19)20)8-17(2)15(18)12-6-11-4-5-13(21-3)7-14(11)22-9-12/h4-5,7,10,12H,6,8-9H2,1-3H3,(H,19,20). The van der Waals surface area contributed by atoms with Crippen molar-refractivity contribution in [3.05, 3.63) is 23.8 Å². The second kappa shape index (κ2) is 6.68. The number of nitrogens with zero attached hydrogens (tertiary/aromatic N) is 1. The molecule has 6 heteroatoms. The van der Waals surface area contributed by atoms with Gasteiger partial charge in [0.15, 0.2) is 0 Å². The number of ether oxygens (including phenoxy) is 2. The van der Waals surface area contributed by atoms with Gasteiger partial charge in [0.25, 0.3) is 0 Å². The Balaban J connectivity index is 2.02. The van der Waals surface area contributed by atoms with Crippen molar-refractivity contribution in [2.45, 2.75) is 13.3 Å². The summed E-state index contributed by atoms with van der Waals surface area (Å²) in [5.74, 6) is -0.408. The molecule has 1 aliphatic heterocycles. The van der Waals surface area contributed by atoms with Gasteiger partial charge >= 0.3 is 5.97 Å². The molecule has 0 saturated heterocycles. The van der Waals surface area contributed by atoms with Crippen LogP contribution in [0.4, 0.5) is 0 Å². The molecule has 2 rings (SSSR count). The van der Waals surface area contributed by atoms with Crippen LogP contribution in [0.2, 0.25) is 0 Å². The smallest absolute Gasteiger partial charge is 0.308 e. The van der Waals surface area contributed by atoms with Gasteiger partial charge in [-0.3, -0.25) is 9.59 Å². The highest BCUT2D eigenvalue weighted by Crippen LogP contribution is 2.31. The topological polar surface area (TPSA) is 76.1 Å². The molecule has 120 valence electrons. The molecule has 1 aromatic rings. The number of carbonyl (C=O) groups is 2. The summed E-state index contributed by atoms with van der Waals surface area (Å²) in [7, 11) is 3.22. The van der Waals surface area contributed by atoms with Crippen molar-refractivity contribution in [1.29, 1.82) is 0 Å². The van der Waals surface area contributed by atoms with Crippen LogP contribution in [0, 0.1) is 11.8 Å². The molecular weight excluding hydrogens is 286 g/mol. The highest BCUT2D eigenvalue weighted by molar-refractivity contribution is 5.80. The van der Waals surface area contributed by atoms with E-state index in [9.17, 15) is 9.59 Å². The molecule has 0 saturated carbocycles. The summed E-state index contributed by atoms with van der Waals surface area (Å²) in [5, 5.41) is 8.93. The van der Waals surface area contributed by atoms with Gasteiger partial charge < -0.3 is 19.5 Å². The van der Waals surface area contributed by atoms with Gasteiger partial charge in [0, 0.05) is 19.7 Å². The second-order valence-electron chi connectivity index (χ2n) is 5.64. The van der Waals surface area contributed by atoms with Crippen LogP contribution in [0.5, 0.6) is 11.5 Å². The monoisotopic (exact) mass is 307 g/mol. The maximum absolute atomic E-state index is 12.4. The molecule has 6 nitrogen and oxygen atoms in total. The predicted octanol–water partition coefficient (Wildman–Crippen LogP) is 1.43. The van der Waals surface area contributed by atoms with E-state index < -0.39 is 11.9 Å². The number of hydrogen-bond donors (Lipinski definition) is 1. The van der Waals surface area contributed by atoms with E-state index in [1.54, 1.807) is 21.1 Å². The number of carbonyl (C=O) groups excluding carboxylic acids is 1. The van der Waals surface area contributed by atoms with Crippen LogP contribution in [-0.4, -0.2) is 49.2 Å². The third-order valence-corrected chi connectivity index (χ3v) is 3.88. The molecule has 1 N–H and O–H groups in total. The predicted molar refractivity (Wildman–Crippen MR) is 80.1 cm³/mol. The molecule has 2 unspecified atom stereocenters. The lowest BCUT2D eigenvalue weighted by molar-refractivity contribution is -0.143. The maximum Gasteiger partial charge on any atom is 0.308 e. The van der Waals surface area contributed by atoms with Crippen LogP contribution in [0.15, 0.2) is 18.2 Å². The summed E-state index contributed by atoms with van der Waals surface area (Å²) >= 11 is 0. The molecular formula is C16H21NO5. The first-order valence-electron chi connectivity index (χ1n) is 7.20. The molecule has 0 aliphatic carbocycles. The zero-order valence-electron chi connectivity index (χ0n) is 13.0. The normalized spacial score (nSPS) is 17.9. The molecule has 0 fully saturated rings. The van der Waals surface area contributed by atoms with Crippen molar-refractivity contribution in [1.82, 2.24) is 4.90 Å². The molecule has 1 heterocycles. The summed E-state index contributed by atoms with van der Waals surface area (Å²) < 4.78 is 10.8. The Morgan fingerprint density at radius 2 is 2.23 bits per heavy atom. The molecule has 1 aliphatic rings. The summed E-state index contributed by atoms with van der Waals surface area (Å²) in [5.41, 5.74) is 0.963. The van der Waals surface area contributed by atoms with E-state index in [1.807, 2.05) is 18.2 Å². The van der Waals surface area contributed by atoms with Gasteiger partial charge in [-0.15, -0.1) is 0 Å². The van der Waals surface area contributed by atoms with Gasteiger partial charge in [-0.25, -0.2) is 0 Å². The van der Waals surface area contributed by atoms with Gasteiger partial charge in [-0.1, -0.05) is 13.0 Å². The van der Waals surface area contributed by atoms with Gasteiger partial charge in [0.05, 0.1) is 18.9 Å². The van der Waals surface area contributed by atoms with E-state index in [0.717, 1.165) is 17.1 Å². The highest BCUT2D eigenvalue weighted by atomic mass is 16.5. The molecule has 22 heavy (non-hydrogen) atoms. The first-order chi connectivity index (χ1) is 10.4. The van der Waals surface area contributed by atoms with Gasteiger partial charge in [0.1, 0.15) is 18.1 Å². The van der Waals surface area contributed by atoms with Crippen LogP contribution in [-0.2, 0) is 16.0 Å². The van der Waals surface area contributed by atoms with Gasteiger partial charge in [-0.05, 0) is 18.1 Å². The minimum atomic E-state index is -0.906. The fourth-order valence-corrected chi connectivity index (χ4v) is 2.53. The molecule has 0 radical (unpaired) electrons. The molecule has 0 spiro atoms. The lowest BCUT2D eigenvalue weighted by Crippen LogP contribution is -2.41. The number of rotatable bonds is 5. The minimum absolute atomic E-state index is 0.0884. The van der Waals surface area contributed by atoms with Gasteiger partial charge in [-0.2, -0.15) is 0 Å². The molecule has 0 bridgehead atoms. The Morgan fingerprint density at radius 1 is 1.50 bits per heavy atom. The number of amides is 1. The van der Waals surface area contributed by atoms with E-state index in [4.69, 9.17) is 14.6 Å². The van der Waals surface area contributed by atoms with Crippen molar-refractivity contribution in [2.75, 3.05) is 27.3 Å². The van der Waals surface area contributed by atoms with Crippen molar-refractivity contribution < 1.29 is 24.2 Å². The Labute approximate surface area is 129 Å². The minimum Gasteiger partial charge on any atom is -0.497 e. The average Bonchev–Trinajstić information content (AvgIpc) is 2.52. The summed E-state index contributed by atoms with van der Waals surface area (Å²) in [6.45, 7) is 2.08. The van der Waals surface area contributed by atoms with E-state index in [1.165, 1.54) is 4.90 Å². The number of carboxylic acids is 1. The van der Waals surface area contributed by atoms with E-state index >= 15 is 0 Å². The Morgan fingerprint density at radius 3 is 2.86 bits per heavy atom. The molecule has 1 aromatic carbocycles. The average molecular weight is 307 g/mol. The third kappa shape index (κ3) is 3.50. The fourth-order valence-electron chi connectivity index (χ4n) is 2.53. The van der Waals surface area contributed by atoms with E-state index in [2.05, 4.69) is 0 Å². The largest absolute Gasteiger partial charge is 0.497 e. The zero-order chi connectivity index (χ0) is 16.3. The van der Waals surface area contributed by atoms with Crippen LogP contribution in [0.3, 0.4) is 0 Å². The van der Waals surface area contributed by atoms with Crippen LogP contribution in [0.25, 0.3) is 0 Å². The number of benzene rings is 1. The van der Waals surface area contributed by atoms with Crippen molar-refractivity contribution in [2.24, 2.45) is 11.8 Å². The number of methoxy groups -OCH3 is 1. The highest BCUT2D eigenvalue weighted by Gasteiger charge is 2.29. The zero-order valence-corrected chi connectivity index (χ0v) is 13.0. The maximum atomic E-state index is 12.4. The summed E-state index contributed by atoms with van der Waals surface area (Å²) in [6.07, 6.45) is 0.587. The summed E-state index contributed by atoms with van der Waals surface area (Å²) in [6, 6.07) is 5.55. The van der Waals surface area contributed by atoms with Crippen LogP contribution in [0.1, 0.15) is 12.5 Å². The SMILES string of the molecule is COc1ccc2c(c1)OCC(C(=O)N(C)CC(C)C(=O)O)C2. The van der Waals surface area contributed by atoms with E-state index in [0.29, 0.717) is 13.0 Å². The Bertz CT molecular complexity index is 572. The Hall–Kier alpha value is -2.24. The van der Waals surface area contributed by atoms with Crippen molar-refractivity contribution >= 4 is 11.9 Å².